The molecule has 4 N–H and O–H groups in total. The van der Waals surface area contributed by atoms with Crippen molar-refractivity contribution in [2.45, 2.75) is 36.5 Å². The first-order valence-electron chi connectivity index (χ1n) is 13.7. The zero-order valence-corrected chi connectivity index (χ0v) is 24.5. The third-order valence-corrected chi connectivity index (χ3v) is 8.85. The van der Waals surface area contributed by atoms with Gasteiger partial charge in [-0.1, -0.05) is 12.0 Å². The number of nitrogens with one attached hydrogen (secondary N) is 2. The van der Waals surface area contributed by atoms with Crippen LogP contribution in [0.5, 0.6) is 5.75 Å². The van der Waals surface area contributed by atoms with Crippen LogP contribution in [0.4, 0.5) is 24.5 Å². The van der Waals surface area contributed by atoms with E-state index in [1.807, 2.05) is 6.07 Å². The molecule has 1 aliphatic heterocycles. The van der Waals surface area contributed by atoms with Gasteiger partial charge in [-0.2, -0.15) is 17.5 Å². The summed E-state index contributed by atoms with van der Waals surface area (Å²) < 4.78 is 79.4. The lowest BCUT2D eigenvalue weighted by Crippen LogP contribution is -2.35. The van der Waals surface area contributed by atoms with Gasteiger partial charge in [0.1, 0.15) is 12.3 Å². The van der Waals surface area contributed by atoms with Crippen LogP contribution in [0.1, 0.15) is 18.5 Å². The average Bonchev–Trinajstić information content (AvgIpc) is 3.32. The molecule has 0 saturated carbocycles. The van der Waals surface area contributed by atoms with Crippen molar-refractivity contribution < 1.29 is 41.3 Å². The van der Waals surface area contributed by atoms with E-state index in [4.69, 9.17) is 9.47 Å². The molecule has 43 heavy (non-hydrogen) atoms. The van der Waals surface area contributed by atoms with Crippen LogP contribution in [-0.2, 0) is 21.3 Å². The van der Waals surface area contributed by atoms with Gasteiger partial charge in [-0.3, -0.25) is 0 Å². The topological polar surface area (TPSA) is 125 Å². The molecule has 2 heterocycles. The van der Waals surface area contributed by atoms with Crippen LogP contribution in [0.15, 0.2) is 47.4 Å². The number of aliphatic hydroxyl groups excluding tert-OH is 2. The van der Waals surface area contributed by atoms with Crippen molar-refractivity contribution in [3.05, 3.63) is 48.2 Å². The van der Waals surface area contributed by atoms with E-state index in [0.717, 1.165) is 27.4 Å². The Balaban J connectivity index is 1.56. The number of aromatic nitrogens is 1. The third kappa shape index (κ3) is 8.12. The van der Waals surface area contributed by atoms with E-state index in [2.05, 4.69) is 22.5 Å². The minimum Gasteiger partial charge on any atom is -0.495 e. The van der Waals surface area contributed by atoms with Gasteiger partial charge in [0, 0.05) is 49.5 Å². The van der Waals surface area contributed by atoms with E-state index < -0.39 is 36.0 Å². The summed E-state index contributed by atoms with van der Waals surface area (Å²) in [5, 5.41) is 25.5. The van der Waals surface area contributed by atoms with Crippen molar-refractivity contribution in [1.82, 2.24) is 8.87 Å². The molecular formula is C29H35F3N4O6S. The lowest BCUT2D eigenvalue weighted by atomic mass is 10.1. The van der Waals surface area contributed by atoms with Gasteiger partial charge in [0.2, 0.25) is 10.0 Å². The Morgan fingerprint density at radius 1 is 1.09 bits per heavy atom. The predicted octanol–water partition coefficient (Wildman–Crippen LogP) is 3.24. The van der Waals surface area contributed by atoms with Crippen molar-refractivity contribution in [3.63, 3.8) is 0 Å². The molecule has 2 aromatic carbocycles. The van der Waals surface area contributed by atoms with Crippen LogP contribution < -0.4 is 15.4 Å². The summed E-state index contributed by atoms with van der Waals surface area (Å²) >= 11 is 0. The van der Waals surface area contributed by atoms with Crippen LogP contribution in [0.3, 0.4) is 0 Å². The van der Waals surface area contributed by atoms with E-state index in [-0.39, 0.29) is 42.0 Å². The van der Waals surface area contributed by atoms with E-state index in [1.165, 1.54) is 25.3 Å². The number of aliphatic hydroxyl groups is 2. The maximum absolute atomic E-state index is 13.6. The molecule has 0 aliphatic carbocycles. The molecule has 1 aliphatic rings. The van der Waals surface area contributed by atoms with E-state index >= 15 is 0 Å². The summed E-state index contributed by atoms with van der Waals surface area (Å²) in [5.41, 5.74) is 1.78. The van der Waals surface area contributed by atoms with Crippen molar-refractivity contribution >= 4 is 32.3 Å². The van der Waals surface area contributed by atoms with Crippen molar-refractivity contribution in [2.75, 3.05) is 63.8 Å². The number of benzene rings is 2. The summed E-state index contributed by atoms with van der Waals surface area (Å²) in [4.78, 5) is -0.0929. The minimum atomic E-state index is -4.45. The van der Waals surface area contributed by atoms with Gasteiger partial charge in [0.25, 0.3) is 0 Å². The number of hydrogen-bond donors (Lipinski definition) is 4. The first-order valence-corrected chi connectivity index (χ1v) is 15.2. The predicted molar refractivity (Wildman–Crippen MR) is 157 cm³/mol. The quantitative estimate of drug-likeness (QED) is 0.227. The molecular weight excluding hydrogens is 589 g/mol. The fraction of sp³-hybridized carbons (Fsp3) is 0.448. The second kappa shape index (κ2) is 14.3. The van der Waals surface area contributed by atoms with Gasteiger partial charge in [0.15, 0.2) is 0 Å². The Bertz CT molecular complexity index is 1550. The molecule has 0 unspecified atom stereocenters. The molecule has 0 amide bonds. The molecule has 1 fully saturated rings. The lowest BCUT2D eigenvalue weighted by molar-refractivity contribution is -0.140. The molecule has 0 radical (unpaired) electrons. The zero-order chi connectivity index (χ0) is 31.0. The Morgan fingerprint density at radius 2 is 1.81 bits per heavy atom. The minimum absolute atomic E-state index is 0.0321. The number of nitrogens with zero attached hydrogens (tertiary/aromatic N) is 2. The van der Waals surface area contributed by atoms with Gasteiger partial charge < -0.3 is 34.9 Å². The molecule has 234 valence electrons. The van der Waals surface area contributed by atoms with Crippen molar-refractivity contribution in [3.8, 4) is 17.6 Å². The largest absolute Gasteiger partial charge is 0.495 e. The van der Waals surface area contributed by atoms with E-state index in [0.29, 0.717) is 29.8 Å². The van der Waals surface area contributed by atoms with Gasteiger partial charge in [-0.25, -0.2) is 8.42 Å². The fourth-order valence-electron chi connectivity index (χ4n) is 4.90. The number of anilines is 2. The van der Waals surface area contributed by atoms with Crippen molar-refractivity contribution in [2.24, 2.45) is 0 Å². The maximum Gasteiger partial charge on any atom is 0.406 e. The van der Waals surface area contributed by atoms with Crippen LogP contribution in [-0.4, -0.2) is 92.9 Å². The smallest absolute Gasteiger partial charge is 0.406 e. The average molecular weight is 625 g/mol. The van der Waals surface area contributed by atoms with Gasteiger partial charge in [0.05, 0.1) is 48.7 Å². The van der Waals surface area contributed by atoms with Gasteiger partial charge >= 0.3 is 6.18 Å². The van der Waals surface area contributed by atoms with Crippen LogP contribution in [0, 0.1) is 11.8 Å². The second-order valence-electron chi connectivity index (χ2n) is 9.87. The molecule has 0 spiro atoms. The Labute approximate surface area is 248 Å². The standard InChI is InChI=1S/C29H35F3N4O6S/c1-41-28-19-23(43(39,40)35(12-14-37)13-15-38)7-8-26(28)33-11-3-4-22-18-24-25(34-21-9-16-42-17-10-21)5-2-6-27(24)36(22)20-29(30,31)32/h2,5-8,18-19,21,33-34,37-38H,9-17,20H2,1H3. The number of hydrogen-bond acceptors (Lipinski definition) is 8. The number of rotatable bonds is 12. The SMILES string of the molecule is COc1cc(S(=O)(=O)N(CCO)CCO)ccc1NCC#Cc1cc2c(NC3CCOCC3)cccc2n1CC(F)(F)F. The molecule has 1 aromatic heterocycles. The highest BCUT2D eigenvalue weighted by atomic mass is 32.2. The third-order valence-electron chi connectivity index (χ3n) is 6.96. The first kappa shape index (κ1) is 32.4. The Morgan fingerprint density at radius 3 is 2.47 bits per heavy atom. The number of sulfonamides is 1. The van der Waals surface area contributed by atoms with Gasteiger partial charge in [-0.05, 0) is 49.1 Å². The molecule has 10 nitrogen and oxygen atoms in total. The van der Waals surface area contributed by atoms with E-state index in [9.17, 15) is 31.8 Å². The normalized spacial score (nSPS) is 14.5. The summed E-state index contributed by atoms with van der Waals surface area (Å²) in [7, 11) is -2.65. The number of fused-ring (bicyclic) bond motifs is 1. The van der Waals surface area contributed by atoms with Crippen LogP contribution in [0.25, 0.3) is 10.9 Å². The summed E-state index contributed by atoms with van der Waals surface area (Å²) in [5.74, 6) is 5.92. The molecule has 14 heteroatoms. The maximum atomic E-state index is 13.6. The summed E-state index contributed by atoms with van der Waals surface area (Å²) in [6, 6.07) is 11.2. The molecule has 3 aromatic rings. The number of ether oxygens (including phenoxy) is 2. The Kier molecular flexibility index (Phi) is 10.8. The molecule has 0 atom stereocenters. The number of halogens is 3. The van der Waals surface area contributed by atoms with Crippen molar-refractivity contribution in [1.29, 1.82) is 0 Å². The lowest BCUT2D eigenvalue weighted by Gasteiger charge is -2.24. The molecule has 4 rings (SSSR count). The first-order chi connectivity index (χ1) is 20.6. The zero-order valence-electron chi connectivity index (χ0n) is 23.7. The highest BCUT2D eigenvalue weighted by Gasteiger charge is 2.30. The van der Waals surface area contributed by atoms with E-state index in [1.54, 1.807) is 18.2 Å². The van der Waals surface area contributed by atoms with Crippen LogP contribution in [0.2, 0.25) is 0 Å². The highest BCUT2D eigenvalue weighted by Crippen LogP contribution is 2.32. The second-order valence-corrected chi connectivity index (χ2v) is 11.8. The van der Waals surface area contributed by atoms with Crippen LogP contribution >= 0.6 is 0 Å². The highest BCUT2D eigenvalue weighted by molar-refractivity contribution is 7.89. The monoisotopic (exact) mass is 624 g/mol. The molecule has 0 bridgehead atoms. The summed E-state index contributed by atoms with van der Waals surface area (Å²) in [6.07, 6.45) is -2.85. The molecule has 1 saturated heterocycles. The number of methoxy groups -OCH3 is 1. The van der Waals surface area contributed by atoms with Gasteiger partial charge in [-0.15, -0.1) is 0 Å². The Hall–Kier alpha value is -3.48. The fourth-order valence-corrected chi connectivity index (χ4v) is 6.34. The summed E-state index contributed by atoms with van der Waals surface area (Å²) in [6.45, 7) is -1.09. The number of alkyl halides is 3.